The topological polar surface area (TPSA) is 65.5 Å². The van der Waals surface area contributed by atoms with Crippen molar-refractivity contribution >= 4 is 38.2 Å². The molecular weight excluding hydrogens is 427 g/mol. The molecule has 1 N–H and O–H groups in total. The van der Waals surface area contributed by atoms with Gasteiger partial charge in [0.2, 0.25) is 10.0 Å². The second-order valence-electron chi connectivity index (χ2n) is 7.17. The normalized spacial score (nSPS) is 15.6. The minimum absolute atomic E-state index is 0.0680. The lowest BCUT2D eigenvalue weighted by Gasteiger charge is -2.36. The Bertz CT molecular complexity index is 1130. The van der Waals surface area contributed by atoms with Crippen LogP contribution in [0.5, 0.6) is 0 Å². The van der Waals surface area contributed by atoms with Gasteiger partial charge in [0.25, 0.3) is 0 Å². The highest BCUT2D eigenvalue weighted by Crippen LogP contribution is 2.28. The maximum atomic E-state index is 13.0. The lowest BCUT2D eigenvalue weighted by Crippen LogP contribution is -2.48. The van der Waals surface area contributed by atoms with Crippen molar-refractivity contribution in [2.75, 3.05) is 44.2 Å². The van der Waals surface area contributed by atoms with E-state index in [2.05, 4.69) is 19.5 Å². The molecule has 0 atom stereocenters. The fourth-order valence-electron chi connectivity index (χ4n) is 3.63. The van der Waals surface area contributed by atoms with E-state index in [0.717, 1.165) is 54.9 Å². The Labute approximate surface area is 180 Å². The first-order valence-electron chi connectivity index (χ1n) is 9.69. The van der Waals surface area contributed by atoms with E-state index < -0.39 is 15.8 Å². The molecule has 1 aliphatic rings. The van der Waals surface area contributed by atoms with E-state index in [9.17, 15) is 12.8 Å². The molecule has 1 fully saturated rings. The quantitative estimate of drug-likeness (QED) is 0.627. The third kappa shape index (κ3) is 4.73. The van der Waals surface area contributed by atoms with E-state index in [-0.39, 0.29) is 4.90 Å². The van der Waals surface area contributed by atoms with E-state index >= 15 is 0 Å². The van der Waals surface area contributed by atoms with Gasteiger partial charge in [-0.15, -0.1) is 0 Å². The molecule has 2 aromatic carbocycles. The van der Waals surface area contributed by atoms with Crippen LogP contribution in [-0.4, -0.2) is 57.6 Å². The molecule has 9 heteroatoms. The minimum atomic E-state index is -3.63. The summed E-state index contributed by atoms with van der Waals surface area (Å²) >= 11 is 6.08. The predicted octanol–water partition coefficient (Wildman–Crippen LogP) is 3.13. The molecule has 4 rings (SSSR count). The van der Waals surface area contributed by atoms with Crippen LogP contribution in [0.2, 0.25) is 5.02 Å². The number of hydrogen-bond acceptors (Lipinski definition) is 5. The molecule has 158 valence electrons. The van der Waals surface area contributed by atoms with Gasteiger partial charge >= 0.3 is 0 Å². The largest absolute Gasteiger partial charge is 0.368 e. The fraction of sp³-hybridized carbons (Fsp3) is 0.286. The van der Waals surface area contributed by atoms with Crippen LogP contribution in [0.3, 0.4) is 0 Å². The van der Waals surface area contributed by atoms with Crippen molar-refractivity contribution in [2.45, 2.75) is 4.90 Å². The van der Waals surface area contributed by atoms with Gasteiger partial charge in [-0.25, -0.2) is 17.5 Å². The number of halogens is 2. The van der Waals surface area contributed by atoms with Crippen molar-refractivity contribution < 1.29 is 12.8 Å². The van der Waals surface area contributed by atoms with Crippen molar-refractivity contribution in [3.05, 3.63) is 65.6 Å². The fourth-order valence-corrected chi connectivity index (χ4v) is 4.82. The van der Waals surface area contributed by atoms with Crippen LogP contribution in [0.15, 0.2) is 59.6 Å². The Morgan fingerprint density at radius 1 is 1.03 bits per heavy atom. The average Bonchev–Trinajstić information content (AvgIpc) is 2.74. The van der Waals surface area contributed by atoms with E-state index in [0.29, 0.717) is 18.1 Å². The first kappa shape index (κ1) is 21.0. The minimum Gasteiger partial charge on any atom is -0.368 e. The molecule has 0 aliphatic carbocycles. The number of rotatable bonds is 6. The Morgan fingerprint density at radius 2 is 1.77 bits per heavy atom. The number of hydrogen-bond donors (Lipinski definition) is 1. The second-order valence-corrected chi connectivity index (χ2v) is 9.38. The molecule has 0 unspecified atom stereocenters. The number of sulfonamides is 1. The van der Waals surface area contributed by atoms with Gasteiger partial charge < -0.3 is 4.90 Å². The smallest absolute Gasteiger partial charge is 0.240 e. The number of piperazine rings is 1. The molecule has 1 saturated heterocycles. The van der Waals surface area contributed by atoms with Gasteiger partial charge in [-0.1, -0.05) is 11.6 Å². The Morgan fingerprint density at radius 3 is 2.50 bits per heavy atom. The van der Waals surface area contributed by atoms with Crippen molar-refractivity contribution in [2.24, 2.45) is 0 Å². The highest BCUT2D eigenvalue weighted by Gasteiger charge is 2.20. The standard InChI is InChI=1S/C21H22ClFN4O2S/c22-16-1-6-19-20(15-16)24-8-7-21(19)27-13-11-26(12-14-27)10-9-25-30(28,29)18-4-2-17(23)3-5-18/h1-8,15,25H,9-14H2. The molecule has 0 amide bonds. The summed E-state index contributed by atoms with van der Waals surface area (Å²) in [5.41, 5.74) is 2.01. The van der Waals surface area contributed by atoms with Gasteiger partial charge in [-0.05, 0) is 48.5 Å². The van der Waals surface area contributed by atoms with Crippen molar-refractivity contribution in [1.82, 2.24) is 14.6 Å². The lowest BCUT2D eigenvalue weighted by molar-refractivity contribution is 0.262. The summed E-state index contributed by atoms with van der Waals surface area (Å²) in [6.45, 7) is 4.25. The van der Waals surface area contributed by atoms with Crippen LogP contribution in [0.25, 0.3) is 10.9 Å². The number of anilines is 1. The number of benzene rings is 2. The van der Waals surface area contributed by atoms with Crippen LogP contribution < -0.4 is 9.62 Å². The first-order chi connectivity index (χ1) is 14.4. The zero-order chi connectivity index (χ0) is 21.1. The van der Waals surface area contributed by atoms with Crippen LogP contribution >= 0.6 is 11.6 Å². The first-order valence-corrected chi connectivity index (χ1v) is 11.6. The molecule has 2 heterocycles. The van der Waals surface area contributed by atoms with Gasteiger partial charge in [0.15, 0.2) is 0 Å². The third-order valence-corrected chi connectivity index (χ3v) is 6.95. The summed E-state index contributed by atoms with van der Waals surface area (Å²) in [4.78, 5) is 9.01. The summed E-state index contributed by atoms with van der Waals surface area (Å²) in [6.07, 6.45) is 1.80. The number of fused-ring (bicyclic) bond motifs is 1. The van der Waals surface area contributed by atoms with Crippen molar-refractivity contribution in [3.63, 3.8) is 0 Å². The van der Waals surface area contributed by atoms with E-state index in [1.165, 1.54) is 12.1 Å². The molecular formula is C21H22ClFN4O2S. The lowest BCUT2D eigenvalue weighted by atomic mass is 10.1. The predicted molar refractivity (Wildman–Crippen MR) is 117 cm³/mol. The summed E-state index contributed by atoms with van der Waals surface area (Å²) in [6, 6.07) is 12.6. The zero-order valence-corrected chi connectivity index (χ0v) is 17.8. The van der Waals surface area contributed by atoms with Crippen molar-refractivity contribution in [1.29, 1.82) is 0 Å². The highest BCUT2D eigenvalue weighted by atomic mass is 35.5. The van der Waals surface area contributed by atoms with E-state index in [4.69, 9.17) is 11.6 Å². The van der Waals surface area contributed by atoms with E-state index in [1.807, 2.05) is 24.3 Å². The summed E-state index contributed by atoms with van der Waals surface area (Å²) in [5.74, 6) is -0.461. The number of pyridine rings is 1. The van der Waals surface area contributed by atoms with Gasteiger partial charge in [0, 0.05) is 61.6 Å². The van der Waals surface area contributed by atoms with Crippen LogP contribution in [-0.2, 0) is 10.0 Å². The molecule has 0 bridgehead atoms. The maximum Gasteiger partial charge on any atom is 0.240 e. The molecule has 0 saturated carbocycles. The zero-order valence-electron chi connectivity index (χ0n) is 16.3. The molecule has 30 heavy (non-hydrogen) atoms. The Hall–Kier alpha value is -2.26. The van der Waals surface area contributed by atoms with Crippen LogP contribution in [0, 0.1) is 5.82 Å². The molecule has 3 aromatic rings. The molecule has 0 radical (unpaired) electrons. The van der Waals surface area contributed by atoms with E-state index in [1.54, 1.807) is 6.20 Å². The highest BCUT2D eigenvalue weighted by molar-refractivity contribution is 7.89. The van der Waals surface area contributed by atoms with Gasteiger partial charge in [-0.3, -0.25) is 9.88 Å². The number of nitrogens with zero attached hydrogens (tertiary/aromatic N) is 3. The average molecular weight is 449 g/mol. The molecule has 6 nitrogen and oxygen atoms in total. The third-order valence-electron chi connectivity index (χ3n) is 5.24. The maximum absolute atomic E-state index is 13.0. The van der Waals surface area contributed by atoms with Gasteiger partial charge in [-0.2, -0.15) is 0 Å². The summed E-state index contributed by atoms with van der Waals surface area (Å²) in [7, 11) is -3.63. The molecule has 0 spiro atoms. The van der Waals surface area contributed by atoms with Crippen LogP contribution in [0.4, 0.5) is 10.1 Å². The SMILES string of the molecule is O=S(=O)(NCCN1CCN(c2ccnc3cc(Cl)ccc23)CC1)c1ccc(F)cc1. The monoisotopic (exact) mass is 448 g/mol. The molecule has 1 aromatic heterocycles. The second kappa shape index (κ2) is 8.85. The van der Waals surface area contributed by atoms with Gasteiger partial charge in [0.1, 0.15) is 5.82 Å². The summed E-state index contributed by atoms with van der Waals surface area (Å²) in [5, 5.41) is 1.74. The van der Waals surface area contributed by atoms with Crippen molar-refractivity contribution in [3.8, 4) is 0 Å². The van der Waals surface area contributed by atoms with Gasteiger partial charge in [0.05, 0.1) is 10.4 Å². The Kier molecular flexibility index (Phi) is 6.19. The number of aromatic nitrogens is 1. The van der Waals surface area contributed by atoms with Crippen LogP contribution in [0.1, 0.15) is 0 Å². The molecule has 1 aliphatic heterocycles. The Balaban J connectivity index is 1.32. The summed E-state index contributed by atoms with van der Waals surface area (Å²) < 4.78 is 40.2. The number of nitrogens with one attached hydrogen (secondary N) is 1.